The maximum Gasteiger partial charge on any atom is 0.255 e. The molecule has 0 fully saturated rings. The van der Waals surface area contributed by atoms with Crippen molar-refractivity contribution in [3.05, 3.63) is 57.7 Å². The lowest BCUT2D eigenvalue weighted by Crippen LogP contribution is -2.35. The van der Waals surface area contributed by atoms with Crippen LogP contribution in [0.4, 0.5) is 0 Å². The van der Waals surface area contributed by atoms with Crippen LogP contribution in [-0.2, 0) is 0 Å². The van der Waals surface area contributed by atoms with Crippen LogP contribution in [0.15, 0.2) is 41.5 Å². The molecule has 3 nitrogen and oxygen atoms in total. The Labute approximate surface area is 143 Å². The zero-order valence-corrected chi connectivity index (χ0v) is 15.9. The molecule has 0 aliphatic rings. The highest BCUT2D eigenvalue weighted by Crippen LogP contribution is 2.35. The smallest absolute Gasteiger partial charge is 0.255 e. The molecule has 0 spiro atoms. The average molecular weight is 345 g/mol. The minimum Gasteiger partial charge on any atom is -0.282 e. The van der Waals surface area contributed by atoms with Crippen molar-refractivity contribution in [1.29, 1.82) is 0 Å². The molecule has 0 saturated carbocycles. The molecular formula is C18H21ClN2OSi. The van der Waals surface area contributed by atoms with Crippen LogP contribution in [0.1, 0.15) is 26.3 Å². The first kappa shape index (κ1) is 17.5. The molecule has 2 heterocycles. The van der Waals surface area contributed by atoms with Crippen molar-refractivity contribution in [3.63, 3.8) is 0 Å². The Morgan fingerprint density at radius 2 is 1.87 bits per heavy atom. The molecule has 5 heteroatoms. The van der Waals surface area contributed by atoms with Crippen LogP contribution < -0.4 is 5.56 Å². The Balaban J connectivity index is 2.43. The van der Waals surface area contributed by atoms with E-state index in [-0.39, 0.29) is 10.6 Å². The summed E-state index contributed by atoms with van der Waals surface area (Å²) in [6, 6.07) is 6.73. The monoisotopic (exact) mass is 344 g/mol. The van der Waals surface area contributed by atoms with E-state index in [1.165, 1.54) is 6.07 Å². The van der Waals surface area contributed by atoms with Gasteiger partial charge < -0.3 is 0 Å². The zero-order chi connectivity index (χ0) is 17.3. The van der Waals surface area contributed by atoms with E-state index in [4.69, 9.17) is 11.6 Å². The molecular weight excluding hydrogens is 324 g/mol. The Kier molecular flexibility index (Phi) is 4.83. The van der Waals surface area contributed by atoms with Gasteiger partial charge in [0.05, 0.1) is 11.9 Å². The van der Waals surface area contributed by atoms with Gasteiger partial charge in [0.25, 0.3) is 5.56 Å². The van der Waals surface area contributed by atoms with Crippen LogP contribution in [0.25, 0.3) is 5.69 Å². The van der Waals surface area contributed by atoms with Gasteiger partial charge in [-0.15, -0.1) is 5.54 Å². The van der Waals surface area contributed by atoms with Crippen molar-refractivity contribution in [2.75, 3.05) is 0 Å². The van der Waals surface area contributed by atoms with E-state index in [1.54, 1.807) is 35.2 Å². The fraction of sp³-hybridized carbons (Fsp3) is 0.333. The number of halogens is 1. The minimum atomic E-state index is -1.68. The number of hydrogen-bond acceptors (Lipinski definition) is 2. The SMILES string of the molecule is CC(C)(C)[Si](C)(C)C#Cc1ccc(=O)n(-c2ccc(Cl)nc2)c1. The molecule has 0 saturated heterocycles. The highest BCUT2D eigenvalue weighted by molar-refractivity contribution is 6.87. The molecule has 0 aliphatic heterocycles. The van der Waals surface area contributed by atoms with Gasteiger partial charge >= 0.3 is 0 Å². The molecule has 2 rings (SSSR count). The van der Waals surface area contributed by atoms with E-state index < -0.39 is 8.07 Å². The second kappa shape index (κ2) is 6.35. The fourth-order valence-corrected chi connectivity index (χ4v) is 2.63. The van der Waals surface area contributed by atoms with Crippen molar-refractivity contribution in [3.8, 4) is 17.2 Å². The normalized spacial score (nSPS) is 11.7. The number of pyridine rings is 2. The lowest BCUT2D eigenvalue weighted by atomic mass is 10.2. The van der Waals surface area contributed by atoms with Crippen LogP contribution in [0, 0.1) is 11.5 Å². The molecule has 0 aromatic carbocycles. The lowest BCUT2D eigenvalue weighted by molar-refractivity contribution is 0.731. The highest BCUT2D eigenvalue weighted by Gasteiger charge is 2.33. The molecule has 23 heavy (non-hydrogen) atoms. The third-order valence-corrected chi connectivity index (χ3v) is 9.02. The van der Waals surface area contributed by atoms with E-state index in [0.717, 1.165) is 5.56 Å². The summed E-state index contributed by atoms with van der Waals surface area (Å²) in [7, 11) is -1.68. The summed E-state index contributed by atoms with van der Waals surface area (Å²) in [6.45, 7) is 11.2. The van der Waals surface area contributed by atoms with Gasteiger partial charge in [-0.25, -0.2) is 4.98 Å². The number of hydrogen-bond donors (Lipinski definition) is 0. The largest absolute Gasteiger partial charge is 0.282 e. The summed E-state index contributed by atoms with van der Waals surface area (Å²) < 4.78 is 1.54. The molecule has 0 aliphatic carbocycles. The molecule has 2 aromatic rings. The molecule has 0 atom stereocenters. The zero-order valence-electron chi connectivity index (χ0n) is 14.1. The number of rotatable bonds is 1. The predicted octanol–water partition coefficient (Wildman–Crippen LogP) is 4.29. The van der Waals surface area contributed by atoms with Crippen molar-refractivity contribution < 1.29 is 0 Å². The van der Waals surface area contributed by atoms with Gasteiger partial charge in [0.2, 0.25) is 0 Å². The standard InChI is InChI=1S/C18H21ClN2OSi/c1-18(2,3)23(4,5)11-10-14-6-9-17(22)21(13-14)15-7-8-16(19)20-12-15/h6-9,12-13H,1-5H3. The van der Waals surface area contributed by atoms with E-state index in [2.05, 4.69) is 50.3 Å². The van der Waals surface area contributed by atoms with Gasteiger partial charge in [-0.05, 0) is 23.2 Å². The van der Waals surface area contributed by atoms with Crippen molar-refractivity contribution in [2.45, 2.75) is 38.9 Å². The van der Waals surface area contributed by atoms with Crippen LogP contribution in [-0.4, -0.2) is 17.6 Å². The molecule has 0 amide bonds. The minimum absolute atomic E-state index is 0.119. The predicted molar refractivity (Wildman–Crippen MR) is 98.9 cm³/mol. The van der Waals surface area contributed by atoms with Crippen LogP contribution in [0.5, 0.6) is 0 Å². The summed E-state index contributed by atoms with van der Waals surface area (Å²) in [4.78, 5) is 16.1. The first-order valence-corrected chi connectivity index (χ1v) is 10.9. The van der Waals surface area contributed by atoms with E-state index in [1.807, 2.05) is 0 Å². The quantitative estimate of drug-likeness (QED) is 0.439. The highest BCUT2D eigenvalue weighted by atomic mass is 35.5. The summed E-state index contributed by atoms with van der Waals surface area (Å²) in [5.74, 6) is 3.25. The Morgan fingerprint density at radius 1 is 1.17 bits per heavy atom. The maximum atomic E-state index is 12.1. The van der Waals surface area contributed by atoms with E-state index in [0.29, 0.717) is 10.8 Å². The summed E-state index contributed by atoms with van der Waals surface area (Å²) >= 11 is 5.80. The van der Waals surface area contributed by atoms with Crippen molar-refractivity contribution in [1.82, 2.24) is 9.55 Å². The van der Waals surface area contributed by atoms with Crippen LogP contribution >= 0.6 is 11.6 Å². The first-order chi connectivity index (χ1) is 10.6. The Bertz CT molecular complexity index is 821. The van der Waals surface area contributed by atoms with Crippen molar-refractivity contribution >= 4 is 19.7 Å². The Hall–Kier alpha value is -1.83. The van der Waals surface area contributed by atoms with E-state index in [9.17, 15) is 4.79 Å². The first-order valence-electron chi connectivity index (χ1n) is 7.48. The van der Waals surface area contributed by atoms with Crippen LogP contribution in [0.3, 0.4) is 0 Å². The van der Waals surface area contributed by atoms with E-state index >= 15 is 0 Å². The molecule has 0 bridgehead atoms. The third-order valence-electron chi connectivity index (χ3n) is 4.30. The Morgan fingerprint density at radius 3 is 2.43 bits per heavy atom. The summed E-state index contributed by atoms with van der Waals surface area (Å²) in [5, 5.41) is 0.602. The fourth-order valence-electron chi connectivity index (χ4n) is 1.69. The summed E-state index contributed by atoms with van der Waals surface area (Å²) in [5.41, 5.74) is 4.84. The lowest BCUT2D eigenvalue weighted by Gasteiger charge is -2.31. The topological polar surface area (TPSA) is 34.9 Å². The van der Waals surface area contributed by atoms with Crippen LogP contribution in [0.2, 0.25) is 23.3 Å². The second-order valence-electron chi connectivity index (χ2n) is 7.09. The van der Waals surface area contributed by atoms with Gasteiger partial charge in [0, 0.05) is 17.8 Å². The molecule has 0 N–H and O–H groups in total. The maximum absolute atomic E-state index is 12.1. The molecule has 120 valence electrons. The van der Waals surface area contributed by atoms with Gasteiger partial charge in [-0.3, -0.25) is 9.36 Å². The number of nitrogens with zero attached hydrogens (tertiary/aromatic N) is 2. The summed E-state index contributed by atoms with van der Waals surface area (Å²) in [6.07, 6.45) is 3.34. The number of aromatic nitrogens is 2. The van der Waals surface area contributed by atoms with Gasteiger partial charge in [0.15, 0.2) is 0 Å². The van der Waals surface area contributed by atoms with Gasteiger partial charge in [-0.2, -0.15) is 0 Å². The second-order valence-corrected chi connectivity index (χ2v) is 12.5. The average Bonchev–Trinajstić information content (AvgIpc) is 2.46. The third kappa shape index (κ3) is 4.13. The van der Waals surface area contributed by atoms with Gasteiger partial charge in [-0.1, -0.05) is 51.4 Å². The van der Waals surface area contributed by atoms with Gasteiger partial charge in [0.1, 0.15) is 13.2 Å². The van der Waals surface area contributed by atoms with Crippen molar-refractivity contribution in [2.24, 2.45) is 0 Å². The molecule has 2 aromatic heterocycles. The molecule has 0 unspecified atom stereocenters. The molecule has 0 radical (unpaired) electrons.